The number of hydrogen-bond acceptors (Lipinski definition) is 9. The van der Waals surface area contributed by atoms with Crippen LogP contribution < -0.4 is 9.47 Å². The zero-order chi connectivity index (χ0) is 47.3. The smallest absolute Gasteiger partial charge is 0.308 e. The molecule has 2 unspecified atom stereocenters. The van der Waals surface area contributed by atoms with Crippen LogP contribution in [0.2, 0.25) is 0 Å². The third kappa shape index (κ3) is 10.3. The first-order valence-electron chi connectivity index (χ1n) is 22.5. The third-order valence-corrected chi connectivity index (χ3v) is 12.3. The molecule has 3 aromatic heterocycles. The van der Waals surface area contributed by atoms with Crippen LogP contribution in [0.1, 0.15) is 75.5 Å². The lowest BCUT2D eigenvalue weighted by Crippen LogP contribution is -2.29. The number of carbonyl (C=O) groups is 1. The van der Waals surface area contributed by atoms with Crippen LogP contribution in [0.25, 0.3) is 28.0 Å². The van der Waals surface area contributed by atoms with Crippen LogP contribution in [-0.4, -0.2) is 58.6 Å². The van der Waals surface area contributed by atoms with Gasteiger partial charge in [-0.2, -0.15) is 5.10 Å². The van der Waals surface area contributed by atoms with Gasteiger partial charge in [0.15, 0.2) is 23.2 Å². The Balaban J connectivity index is 1.15. The second-order valence-corrected chi connectivity index (χ2v) is 18.0. The summed E-state index contributed by atoms with van der Waals surface area (Å²) in [5.74, 6) is -0.732. The second-order valence-electron chi connectivity index (χ2n) is 18.0. The molecule has 8 rings (SSSR count). The molecule has 0 radical (unpaired) electrons. The number of nitrogens with zero attached hydrogens (tertiary/aromatic N) is 7. The molecule has 0 aliphatic rings. The first-order valence-corrected chi connectivity index (χ1v) is 22.5. The fraction of sp³-hybridized carbons (Fsp3) is 0.302. The molecule has 5 aromatic carbocycles. The molecule has 14 heteroatoms. The highest BCUT2D eigenvalue weighted by atomic mass is 19.1. The molecule has 0 amide bonds. The Morgan fingerprint density at radius 3 is 2.36 bits per heavy atom. The molecule has 8 aromatic rings. The molecule has 0 spiro atoms. The number of aliphatic hydroxyl groups excluding tert-OH is 1. The van der Waals surface area contributed by atoms with Gasteiger partial charge in [0.1, 0.15) is 18.2 Å². The topological polar surface area (TPSA) is 131 Å². The van der Waals surface area contributed by atoms with Gasteiger partial charge in [0.05, 0.1) is 41.8 Å². The summed E-state index contributed by atoms with van der Waals surface area (Å²) in [4.78, 5) is 17.6. The van der Waals surface area contributed by atoms with Crippen LogP contribution in [0, 0.1) is 23.0 Å². The first kappa shape index (κ1) is 46.3. The van der Waals surface area contributed by atoms with E-state index in [2.05, 4.69) is 16.4 Å². The Hall–Kier alpha value is -7.19. The summed E-state index contributed by atoms with van der Waals surface area (Å²) in [6, 6.07) is 34.9. The van der Waals surface area contributed by atoms with Gasteiger partial charge in [0.25, 0.3) is 5.88 Å². The highest BCUT2D eigenvalue weighted by Gasteiger charge is 2.37. The van der Waals surface area contributed by atoms with Crippen molar-refractivity contribution in [3.63, 3.8) is 0 Å². The number of hydrogen-bond donors (Lipinski definition) is 1. The van der Waals surface area contributed by atoms with Crippen LogP contribution in [0.5, 0.6) is 17.4 Å². The molecule has 0 aliphatic heterocycles. The number of rotatable bonds is 19. The van der Waals surface area contributed by atoms with Crippen molar-refractivity contribution in [3.05, 3.63) is 167 Å². The minimum atomic E-state index is -0.798. The Kier molecular flexibility index (Phi) is 13.6. The third-order valence-electron chi connectivity index (χ3n) is 12.3. The van der Waals surface area contributed by atoms with Crippen molar-refractivity contribution in [1.29, 1.82) is 0 Å². The first-order chi connectivity index (χ1) is 32.2. The number of benzene rings is 5. The maximum absolute atomic E-state index is 16.7. The summed E-state index contributed by atoms with van der Waals surface area (Å²) in [5, 5.41) is 24.4. The molecule has 3 heterocycles. The summed E-state index contributed by atoms with van der Waals surface area (Å²) in [6.07, 6.45) is 5.18. The number of para-hydroxylation sites is 1. The molecule has 0 saturated carbocycles. The van der Waals surface area contributed by atoms with E-state index in [1.807, 2.05) is 123 Å². The number of carbonyl (C=O) groups excluding carboxylic acids is 1. The van der Waals surface area contributed by atoms with E-state index in [0.29, 0.717) is 60.6 Å². The second kappa shape index (κ2) is 19.7. The van der Waals surface area contributed by atoms with Gasteiger partial charge >= 0.3 is 5.97 Å². The lowest BCUT2D eigenvalue weighted by atomic mass is 9.73. The van der Waals surface area contributed by atoms with Crippen molar-refractivity contribution in [2.75, 3.05) is 13.2 Å². The Morgan fingerprint density at radius 1 is 0.866 bits per heavy atom. The summed E-state index contributed by atoms with van der Waals surface area (Å²) in [5.41, 5.74) is 3.67. The Morgan fingerprint density at radius 2 is 1.61 bits per heavy atom. The van der Waals surface area contributed by atoms with Crippen LogP contribution in [0.3, 0.4) is 0 Å². The summed E-state index contributed by atoms with van der Waals surface area (Å²) < 4.78 is 55.5. The van der Waals surface area contributed by atoms with E-state index in [-0.39, 0.29) is 47.9 Å². The molecule has 12 nitrogen and oxygen atoms in total. The SMILES string of the molecule is CCOC(=O)C(C)Cc1cccc(C(C)(CCC(C)(C)CO)c2nc(-c3cc(Oc4c(F)cc5c(ccn5-c5ccccc5)c4Cn4cc(OCc5ccccc5)nn4)ccc3F)n(C)n2)c1. The average molecular weight is 908 g/mol. The normalized spacial score (nSPS) is 13.1. The maximum atomic E-state index is 16.7. The number of aryl methyl sites for hydroxylation is 1. The maximum Gasteiger partial charge on any atom is 0.308 e. The minimum absolute atomic E-state index is 0.0176. The quantitative estimate of drug-likeness (QED) is 0.0788. The van der Waals surface area contributed by atoms with E-state index in [1.165, 1.54) is 28.9 Å². The van der Waals surface area contributed by atoms with Gasteiger partial charge in [-0.05, 0) is 91.6 Å². The Bertz CT molecular complexity index is 2980. The van der Waals surface area contributed by atoms with E-state index < -0.39 is 22.5 Å². The van der Waals surface area contributed by atoms with E-state index in [0.717, 1.165) is 22.4 Å². The molecule has 0 fully saturated rings. The van der Waals surface area contributed by atoms with E-state index in [9.17, 15) is 9.90 Å². The van der Waals surface area contributed by atoms with E-state index in [1.54, 1.807) is 24.9 Å². The average Bonchev–Trinajstić information content (AvgIpc) is 4.08. The van der Waals surface area contributed by atoms with Gasteiger partial charge in [0.2, 0.25) is 0 Å². The fourth-order valence-corrected chi connectivity index (χ4v) is 8.22. The monoisotopic (exact) mass is 907 g/mol. The van der Waals surface area contributed by atoms with Crippen molar-refractivity contribution in [2.24, 2.45) is 18.4 Å². The van der Waals surface area contributed by atoms with E-state index >= 15 is 8.78 Å². The standard InChI is InChI=1S/C53H55F2N7O5/c1-7-65-50(64)35(2)27-37-17-14-18-38(28-37)53(5,25-24-52(3,4)34-63)51-56-49(60(6)58-51)42-29-40(21-22-44(42)54)67-48-43(31-61-32-47(57-59-61)66-33-36-15-10-8-11-16-36)41-23-26-62(46(41)30-45(48)55)39-19-12-9-13-20-39/h8-23,26,28-30,32,35,63H,7,24-25,27,31,33-34H2,1-6H3. The van der Waals surface area contributed by atoms with Gasteiger partial charge in [0, 0.05) is 42.6 Å². The fourth-order valence-electron chi connectivity index (χ4n) is 8.22. The molecule has 0 saturated heterocycles. The lowest BCUT2D eigenvalue weighted by Gasteiger charge is -2.32. The molecular formula is C53H55F2N7O5. The molecule has 0 aliphatic carbocycles. The zero-order valence-corrected chi connectivity index (χ0v) is 38.6. The predicted molar refractivity (Wildman–Crippen MR) is 252 cm³/mol. The predicted octanol–water partition coefficient (Wildman–Crippen LogP) is 10.6. The molecule has 2 atom stereocenters. The number of aromatic nitrogens is 7. The van der Waals surface area contributed by atoms with Crippen molar-refractivity contribution in [2.45, 2.75) is 72.4 Å². The van der Waals surface area contributed by atoms with Crippen molar-refractivity contribution < 1.29 is 32.9 Å². The summed E-state index contributed by atoms with van der Waals surface area (Å²) >= 11 is 0. The highest BCUT2D eigenvalue weighted by Crippen LogP contribution is 2.41. The highest BCUT2D eigenvalue weighted by molar-refractivity contribution is 5.88. The van der Waals surface area contributed by atoms with Crippen molar-refractivity contribution >= 4 is 16.9 Å². The van der Waals surface area contributed by atoms with E-state index in [4.69, 9.17) is 24.3 Å². The zero-order valence-electron chi connectivity index (χ0n) is 38.6. The number of halogens is 2. The number of ether oxygens (including phenoxy) is 3. The van der Waals surface area contributed by atoms with Gasteiger partial charge in [-0.25, -0.2) is 23.1 Å². The number of esters is 1. The summed E-state index contributed by atoms with van der Waals surface area (Å²) in [6.45, 7) is 10.3. The van der Waals surface area contributed by atoms with Crippen molar-refractivity contribution in [1.82, 2.24) is 34.3 Å². The Labute approximate surface area is 388 Å². The largest absolute Gasteiger partial charge is 0.471 e. The van der Waals surface area contributed by atoms with Gasteiger partial charge < -0.3 is 23.9 Å². The molecule has 67 heavy (non-hydrogen) atoms. The van der Waals surface area contributed by atoms with Gasteiger partial charge in [-0.3, -0.25) is 4.79 Å². The molecule has 1 N–H and O–H groups in total. The lowest BCUT2D eigenvalue weighted by molar-refractivity contribution is -0.147. The van der Waals surface area contributed by atoms with Crippen LogP contribution in [0.15, 0.2) is 128 Å². The molecule has 0 bridgehead atoms. The van der Waals surface area contributed by atoms with Crippen LogP contribution >= 0.6 is 0 Å². The summed E-state index contributed by atoms with van der Waals surface area (Å²) in [7, 11) is 1.70. The molecular weight excluding hydrogens is 853 g/mol. The van der Waals surface area contributed by atoms with Crippen LogP contribution in [-0.2, 0) is 41.6 Å². The minimum Gasteiger partial charge on any atom is -0.471 e. The number of fused-ring (bicyclic) bond motifs is 1. The van der Waals surface area contributed by atoms with Gasteiger partial charge in [-0.1, -0.05) is 104 Å². The number of aliphatic hydroxyl groups is 1. The van der Waals surface area contributed by atoms with Crippen LogP contribution in [0.4, 0.5) is 8.78 Å². The van der Waals surface area contributed by atoms with Gasteiger partial charge in [-0.15, -0.1) is 0 Å². The van der Waals surface area contributed by atoms with Crippen molar-refractivity contribution in [3.8, 4) is 34.5 Å². The molecule has 346 valence electrons.